The highest BCUT2D eigenvalue weighted by Gasteiger charge is 2.12. The molecule has 1 rings (SSSR count). The van der Waals surface area contributed by atoms with Crippen molar-refractivity contribution in [3.8, 4) is 0 Å². The third-order valence-corrected chi connectivity index (χ3v) is 3.59. The first kappa shape index (κ1) is 10.2. The number of hydrogen-bond acceptors (Lipinski definition) is 3. The molecule has 0 saturated carbocycles. The molecular weight excluding hydrogens is 186 g/mol. The Balaban J connectivity index is 2.83. The number of rotatable bonds is 4. The topological polar surface area (TPSA) is 47.0 Å². The molecule has 0 radical (unpaired) electrons. The predicted molar refractivity (Wildman–Crippen MR) is 51.2 cm³/mol. The highest BCUT2D eigenvalue weighted by molar-refractivity contribution is 7.91. The summed E-state index contributed by atoms with van der Waals surface area (Å²) in [5, 5.41) is 0. The predicted octanol–water partition coefficient (Wildman–Crippen LogP) is 1.66. The van der Waals surface area contributed by atoms with E-state index in [1.807, 2.05) is 6.92 Å². The van der Waals surface area contributed by atoms with Crippen LogP contribution in [0.1, 0.15) is 19.8 Å². The number of nitrogens with zero attached hydrogens (tertiary/aromatic N) is 1. The Kier molecular flexibility index (Phi) is 3.42. The minimum absolute atomic E-state index is 0.230. The molecule has 0 atom stereocenters. The summed E-state index contributed by atoms with van der Waals surface area (Å²) >= 11 is 0. The number of aromatic nitrogens is 1. The Morgan fingerprint density at radius 1 is 1.31 bits per heavy atom. The molecule has 1 heterocycles. The molecule has 0 fully saturated rings. The monoisotopic (exact) mass is 199 g/mol. The van der Waals surface area contributed by atoms with Crippen LogP contribution >= 0.6 is 0 Å². The molecule has 13 heavy (non-hydrogen) atoms. The summed E-state index contributed by atoms with van der Waals surface area (Å²) in [6, 6.07) is 3.07. The van der Waals surface area contributed by atoms with Crippen molar-refractivity contribution >= 4 is 9.84 Å². The fraction of sp³-hybridized carbons (Fsp3) is 0.444. The Morgan fingerprint density at radius 2 is 1.92 bits per heavy atom. The van der Waals surface area contributed by atoms with Gasteiger partial charge < -0.3 is 0 Å². The van der Waals surface area contributed by atoms with Crippen LogP contribution in [0.15, 0.2) is 29.4 Å². The van der Waals surface area contributed by atoms with Crippen LogP contribution < -0.4 is 0 Å². The van der Waals surface area contributed by atoms with Gasteiger partial charge in [-0.1, -0.05) is 13.3 Å². The summed E-state index contributed by atoms with van der Waals surface area (Å²) in [5.41, 5.74) is 0. The second-order valence-electron chi connectivity index (χ2n) is 2.86. The lowest BCUT2D eigenvalue weighted by atomic mass is 10.4. The van der Waals surface area contributed by atoms with E-state index in [2.05, 4.69) is 4.98 Å². The summed E-state index contributed by atoms with van der Waals surface area (Å²) < 4.78 is 23.1. The van der Waals surface area contributed by atoms with Crippen LogP contribution in [0.5, 0.6) is 0 Å². The number of hydrogen-bond donors (Lipinski definition) is 0. The van der Waals surface area contributed by atoms with Crippen molar-refractivity contribution in [1.82, 2.24) is 4.98 Å². The van der Waals surface area contributed by atoms with Crippen LogP contribution in [0.4, 0.5) is 0 Å². The molecule has 1 aromatic heterocycles. The average molecular weight is 199 g/mol. The first-order chi connectivity index (χ1) is 6.17. The number of pyridine rings is 1. The van der Waals surface area contributed by atoms with Gasteiger partial charge in [-0.05, 0) is 18.6 Å². The molecule has 0 aliphatic heterocycles. The molecule has 0 amide bonds. The van der Waals surface area contributed by atoms with E-state index in [9.17, 15) is 8.42 Å². The fourth-order valence-electron chi connectivity index (χ4n) is 0.998. The molecule has 0 spiro atoms. The van der Waals surface area contributed by atoms with Crippen LogP contribution in [0.3, 0.4) is 0 Å². The van der Waals surface area contributed by atoms with E-state index in [1.54, 1.807) is 0 Å². The lowest BCUT2D eigenvalue weighted by Crippen LogP contribution is -2.06. The van der Waals surface area contributed by atoms with Crippen LogP contribution in [0.2, 0.25) is 0 Å². The third-order valence-electron chi connectivity index (χ3n) is 1.78. The van der Waals surface area contributed by atoms with Crippen molar-refractivity contribution in [3.63, 3.8) is 0 Å². The van der Waals surface area contributed by atoms with E-state index in [-0.39, 0.29) is 5.75 Å². The van der Waals surface area contributed by atoms with Crippen molar-refractivity contribution in [2.24, 2.45) is 0 Å². The van der Waals surface area contributed by atoms with Crippen molar-refractivity contribution in [2.45, 2.75) is 24.7 Å². The van der Waals surface area contributed by atoms with Gasteiger partial charge in [0, 0.05) is 12.4 Å². The molecule has 0 saturated heterocycles. The molecule has 4 heteroatoms. The van der Waals surface area contributed by atoms with E-state index in [0.717, 1.165) is 6.42 Å². The van der Waals surface area contributed by atoms with E-state index >= 15 is 0 Å². The molecule has 0 aromatic carbocycles. The standard InChI is InChI=1S/C9H13NO2S/c1-2-3-8-13(11,12)9-4-6-10-7-5-9/h4-7H,2-3,8H2,1H3. The van der Waals surface area contributed by atoms with Gasteiger partial charge in [0.15, 0.2) is 9.84 Å². The molecular formula is C9H13NO2S. The highest BCUT2D eigenvalue weighted by Crippen LogP contribution is 2.10. The maximum atomic E-state index is 11.6. The maximum Gasteiger partial charge on any atom is 0.178 e. The van der Waals surface area contributed by atoms with Gasteiger partial charge in [-0.2, -0.15) is 0 Å². The summed E-state index contributed by atoms with van der Waals surface area (Å²) in [6.45, 7) is 1.97. The van der Waals surface area contributed by atoms with Crippen molar-refractivity contribution in [1.29, 1.82) is 0 Å². The normalized spacial score (nSPS) is 11.5. The second kappa shape index (κ2) is 4.37. The molecule has 72 valence electrons. The van der Waals surface area contributed by atoms with Crippen molar-refractivity contribution in [3.05, 3.63) is 24.5 Å². The van der Waals surface area contributed by atoms with E-state index in [1.165, 1.54) is 24.5 Å². The van der Waals surface area contributed by atoms with Gasteiger partial charge >= 0.3 is 0 Å². The molecule has 0 bridgehead atoms. The van der Waals surface area contributed by atoms with Crippen LogP contribution in [0.25, 0.3) is 0 Å². The Bertz CT molecular complexity index is 345. The Morgan fingerprint density at radius 3 is 2.46 bits per heavy atom. The van der Waals surface area contributed by atoms with Gasteiger partial charge in [-0.3, -0.25) is 4.98 Å². The van der Waals surface area contributed by atoms with E-state index in [4.69, 9.17) is 0 Å². The van der Waals surface area contributed by atoms with Crippen molar-refractivity contribution < 1.29 is 8.42 Å². The van der Waals surface area contributed by atoms with Gasteiger partial charge in [-0.25, -0.2) is 8.42 Å². The first-order valence-electron chi connectivity index (χ1n) is 4.29. The van der Waals surface area contributed by atoms with Crippen LogP contribution in [-0.4, -0.2) is 19.2 Å². The van der Waals surface area contributed by atoms with Crippen LogP contribution in [0, 0.1) is 0 Å². The van der Waals surface area contributed by atoms with Crippen LogP contribution in [-0.2, 0) is 9.84 Å². The molecule has 0 unspecified atom stereocenters. The summed E-state index contributed by atoms with van der Waals surface area (Å²) in [6.07, 6.45) is 4.60. The summed E-state index contributed by atoms with van der Waals surface area (Å²) in [5.74, 6) is 0.230. The highest BCUT2D eigenvalue weighted by atomic mass is 32.2. The smallest absolute Gasteiger partial charge is 0.178 e. The fourth-order valence-corrected chi connectivity index (χ4v) is 2.44. The zero-order valence-electron chi connectivity index (χ0n) is 7.60. The number of unbranched alkanes of at least 4 members (excludes halogenated alkanes) is 1. The number of sulfone groups is 1. The molecule has 0 aliphatic rings. The lowest BCUT2D eigenvalue weighted by molar-refractivity contribution is 0.592. The molecule has 3 nitrogen and oxygen atoms in total. The average Bonchev–Trinajstić information content (AvgIpc) is 2.16. The van der Waals surface area contributed by atoms with Gasteiger partial charge in [0.05, 0.1) is 10.6 Å². The third kappa shape index (κ3) is 2.81. The Labute approximate surface area is 78.7 Å². The molecule has 0 aliphatic carbocycles. The quantitative estimate of drug-likeness (QED) is 0.740. The van der Waals surface area contributed by atoms with E-state index in [0.29, 0.717) is 11.3 Å². The zero-order chi connectivity index (χ0) is 9.73. The van der Waals surface area contributed by atoms with Gasteiger partial charge in [-0.15, -0.1) is 0 Å². The maximum absolute atomic E-state index is 11.6. The first-order valence-corrected chi connectivity index (χ1v) is 5.95. The van der Waals surface area contributed by atoms with E-state index < -0.39 is 9.84 Å². The lowest BCUT2D eigenvalue weighted by Gasteiger charge is -2.01. The van der Waals surface area contributed by atoms with Gasteiger partial charge in [0.1, 0.15) is 0 Å². The van der Waals surface area contributed by atoms with Gasteiger partial charge in [0.25, 0.3) is 0 Å². The molecule has 0 N–H and O–H groups in total. The minimum Gasteiger partial charge on any atom is -0.265 e. The summed E-state index contributed by atoms with van der Waals surface area (Å²) in [4.78, 5) is 4.15. The second-order valence-corrected chi connectivity index (χ2v) is 4.96. The molecule has 1 aromatic rings. The largest absolute Gasteiger partial charge is 0.265 e. The SMILES string of the molecule is CCCCS(=O)(=O)c1ccncc1. The van der Waals surface area contributed by atoms with Crippen molar-refractivity contribution in [2.75, 3.05) is 5.75 Å². The minimum atomic E-state index is -3.06. The Hall–Kier alpha value is -0.900. The van der Waals surface area contributed by atoms with Gasteiger partial charge in [0.2, 0.25) is 0 Å². The zero-order valence-corrected chi connectivity index (χ0v) is 8.42. The summed E-state index contributed by atoms with van der Waals surface area (Å²) in [7, 11) is -3.06.